The second-order valence-electron chi connectivity index (χ2n) is 4.88. The van der Waals surface area contributed by atoms with Crippen molar-refractivity contribution >= 4 is 32.8 Å². The van der Waals surface area contributed by atoms with Crippen molar-refractivity contribution in [3.63, 3.8) is 0 Å². The number of halogens is 1. The molecule has 2 N–H and O–H groups in total. The molecule has 0 spiro atoms. The molecule has 112 valence electrons. The molecular weight excluding hydrogens is 320 g/mol. The molecule has 1 aliphatic rings. The number of aromatic nitrogens is 1. The first-order valence-corrected chi connectivity index (χ1v) is 8.54. The van der Waals surface area contributed by atoms with Crippen molar-refractivity contribution in [2.75, 3.05) is 0 Å². The average molecular weight is 333 g/mol. The molecule has 0 saturated carbocycles. The summed E-state index contributed by atoms with van der Waals surface area (Å²) in [7, 11) is -3.68. The van der Waals surface area contributed by atoms with E-state index in [9.17, 15) is 8.42 Å². The maximum Gasteiger partial charge on any atom is 0.238 e. The molecule has 22 heavy (non-hydrogen) atoms. The topological polar surface area (TPSA) is 73.1 Å². The molecule has 0 aliphatic heterocycles. The Balaban J connectivity index is 1.99. The zero-order chi connectivity index (χ0) is 15.7. The smallest absolute Gasteiger partial charge is 0.238 e. The third kappa shape index (κ3) is 2.83. The van der Waals surface area contributed by atoms with Gasteiger partial charge in [-0.3, -0.25) is 0 Å². The highest BCUT2D eigenvalue weighted by atomic mass is 35.5. The molecular formula is C16H13ClN2O2S. The van der Waals surface area contributed by atoms with Crippen LogP contribution in [-0.4, -0.2) is 13.4 Å². The Kier molecular flexibility index (Phi) is 3.87. The van der Waals surface area contributed by atoms with Crippen molar-refractivity contribution in [2.24, 2.45) is 5.14 Å². The lowest BCUT2D eigenvalue weighted by Crippen LogP contribution is -2.11. The fraction of sp³-hybridized carbons (Fsp3) is 0.0625. The Morgan fingerprint density at radius 2 is 1.73 bits per heavy atom. The van der Waals surface area contributed by atoms with E-state index in [-0.39, 0.29) is 4.90 Å². The Morgan fingerprint density at radius 3 is 2.36 bits per heavy atom. The molecule has 0 atom stereocenters. The summed E-state index contributed by atoms with van der Waals surface area (Å²) in [6.45, 7) is 0. The quantitative estimate of drug-likeness (QED) is 0.877. The first-order valence-electron chi connectivity index (χ1n) is 6.61. The lowest BCUT2D eigenvalue weighted by atomic mass is 9.96. The Bertz CT molecular complexity index is 885. The summed E-state index contributed by atoms with van der Waals surface area (Å²) in [6, 6.07) is 10.3. The van der Waals surface area contributed by atoms with Gasteiger partial charge in [0, 0.05) is 11.8 Å². The second-order valence-corrected chi connectivity index (χ2v) is 6.80. The van der Waals surface area contributed by atoms with E-state index in [2.05, 4.69) is 17.1 Å². The normalized spacial score (nSPS) is 14.6. The standard InChI is InChI=1S/C16H13ClN2O2S/c17-16-15(5-2-10-19-16)14-4-1-3-13(14)11-6-8-12(9-7-11)22(18,20)21/h2-10H,1H2,(H2,18,20,21). The van der Waals surface area contributed by atoms with Gasteiger partial charge in [0.2, 0.25) is 10.0 Å². The Hall–Kier alpha value is -1.95. The molecule has 3 rings (SSSR count). The van der Waals surface area contributed by atoms with E-state index in [1.165, 1.54) is 12.1 Å². The van der Waals surface area contributed by atoms with Crippen LogP contribution in [0.5, 0.6) is 0 Å². The van der Waals surface area contributed by atoms with Crippen LogP contribution in [-0.2, 0) is 10.0 Å². The summed E-state index contributed by atoms with van der Waals surface area (Å²) in [4.78, 5) is 4.20. The number of nitrogens with two attached hydrogens (primary N) is 1. The van der Waals surface area contributed by atoms with Gasteiger partial charge in [0.05, 0.1) is 4.90 Å². The fourth-order valence-corrected chi connectivity index (χ4v) is 3.19. The molecule has 0 radical (unpaired) electrons. The number of rotatable bonds is 3. The van der Waals surface area contributed by atoms with Gasteiger partial charge in [-0.05, 0) is 47.4 Å². The minimum Gasteiger partial charge on any atom is -0.244 e. The molecule has 1 aliphatic carbocycles. The van der Waals surface area contributed by atoms with Gasteiger partial charge in [-0.25, -0.2) is 18.5 Å². The van der Waals surface area contributed by atoms with E-state index in [1.807, 2.05) is 12.1 Å². The van der Waals surface area contributed by atoms with Crippen molar-refractivity contribution in [3.05, 3.63) is 71.0 Å². The van der Waals surface area contributed by atoms with Crippen LogP contribution in [0.3, 0.4) is 0 Å². The van der Waals surface area contributed by atoms with Crippen LogP contribution in [0.15, 0.2) is 59.6 Å². The Labute approximate surface area is 134 Å². The van der Waals surface area contributed by atoms with E-state index < -0.39 is 10.0 Å². The van der Waals surface area contributed by atoms with E-state index in [0.29, 0.717) is 5.15 Å². The van der Waals surface area contributed by atoms with Gasteiger partial charge in [0.25, 0.3) is 0 Å². The minimum absolute atomic E-state index is 0.0970. The summed E-state index contributed by atoms with van der Waals surface area (Å²) in [5.41, 5.74) is 3.79. The number of sulfonamides is 1. The third-order valence-corrected chi connectivity index (χ3v) is 4.71. The molecule has 0 amide bonds. The number of primary sulfonamides is 1. The summed E-state index contributed by atoms with van der Waals surface area (Å²) in [6.07, 6.45) is 6.59. The van der Waals surface area contributed by atoms with E-state index in [4.69, 9.17) is 16.7 Å². The summed E-state index contributed by atoms with van der Waals surface area (Å²) in [5.74, 6) is 0. The molecule has 1 aromatic carbocycles. The van der Waals surface area contributed by atoms with Crippen LogP contribution in [0.25, 0.3) is 11.1 Å². The first-order chi connectivity index (χ1) is 10.5. The number of hydrogen-bond acceptors (Lipinski definition) is 3. The third-order valence-electron chi connectivity index (χ3n) is 3.48. The van der Waals surface area contributed by atoms with Crippen molar-refractivity contribution in [2.45, 2.75) is 11.3 Å². The first kappa shape index (κ1) is 15.0. The van der Waals surface area contributed by atoms with E-state index in [1.54, 1.807) is 18.3 Å². The molecule has 1 aromatic heterocycles. The number of benzene rings is 1. The summed E-state index contributed by atoms with van der Waals surface area (Å²) >= 11 is 6.17. The SMILES string of the molecule is NS(=O)(=O)c1ccc(C2=CCC=C2c2cccnc2Cl)cc1. The van der Waals surface area contributed by atoms with Crippen LogP contribution < -0.4 is 5.14 Å². The van der Waals surface area contributed by atoms with Crippen molar-refractivity contribution < 1.29 is 8.42 Å². The van der Waals surface area contributed by atoms with Gasteiger partial charge in [-0.15, -0.1) is 0 Å². The van der Waals surface area contributed by atoms with Gasteiger partial charge >= 0.3 is 0 Å². The number of hydrogen-bond donors (Lipinski definition) is 1. The van der Waals surface area contributed by atoms with Gasteiger partial charge < -0.3 is 0 Å². The maximum absolute atomic E-state index is 11.3. The van der Waals surface area contributed by atoms with Gasteiger partial charge in [0.1, 0.15) is 5.15 Å². The fourth-order valence-electron chi connectivity index (χ4n) is 2.45. The number of pyridine rings is 1. The Morgan fingerprint density at radius 1 is 1.05 bits per heavy atom. The molecule has 0 unspecified atom stereocenters. The second kappa shape index (κ2) is 5.68. The van der Waals surface area contributed by atoms with Crippen LogP contribution >= 0.6 is 11.6 Å². The largest absolute Gasteiger partial charge is 0.244 e. The van der Waals surface area contributed by atoms with Gasteiger partial charge in [-0.2, -0.15) is 0 Å². The highest BCUT2D eigenvalue weighted by Crippen LogP contribution is 2.38. The molecule has 6 heteroatoms. The van der Waals surface area contributed by atoms with E-state index >= 15 is 0 Å². The molecule has 4 nitrogen and oxygen atoms in total. The average Bonchev–Trinajstić information content (AvgIpc) is 2.96. The molecule has 0 fully saturated rings. The zero-order valence-corrected chi connectivity index (χ0v) is 13.1. The highest BCUT2D eigenvalue weighted by molar-refractivity contribution is 7.89. The molecule has 0 saturated heterocycles. The lowest BCUT2D eigenvalue weighted by molar-refractivity contribution is 0.598. The minimum atomic E-state index is -3.68. The predicted molar refractivity (Wildman–Crippen MR) is 87.6 cm³/mol. The van der Waals surface area contributed by atoms with E-state index in [0.717, 1.165) is 28.7 Å². The van der Waals surface area contributed by atoms with Gasteiger partial charge in [-0.1, -0.05) is 35.9 Å². The van der Waals surface area contributed by atoms with Crippen LogP contribution in [0.1, 0.15) is 17.5 Å². The predicted octanol–water partition coefficient (Wildman–Crippen LogP) is 3.25. The van der Waals surface area contributed by atoms with Crippen molar-refractivity contribution in [3.8, 4) is 0 Å². The summed E-state index contributed by atoms with van der Waals surface area (Å²) < 4.78 is 22.6. The van der Waals surface area contributed by atoms with Crippen LogP contribution in [0.4, 0.5) is 0 Å². The number of nitrogens with zero attached hydrogens (tertiary/aromatic N) is 1. The van der Waals surface area contributed by atoms with Crippen LogP contribution in [0.2, 0.25) is 5.15 Å². The van der Waals surface area contributed by atoms with Gasteiger partial charge in [0.15, 0.2) is 0 Å². The molecule has 1 heterocycles. The monoisotopic (exact) mass is 332 g/mol. The highest BCUT2D eigenvalue weighted by Gasteiger charge is 2.17. The van der Waals surface area contributed by atoms with Crippen LogP contribution in [0, 0.1) is 0 Å². The molecule has 0 bridgehead atoms. The number of allylic oxidation sites excluding steroid dienone is 4. The maximum atomic E-state index is 11.3. The summed E-state index contributed by atoms with van der Waals surface area (Å²) in [5, 5.41) is 5.57. The van der Waals surface area contributed by atoms with Crippen molar-refractivity contribution in [1.29, 1.82) is 0 Å². The lowest BCUT2D eigenvalue weighted by Gasteiger charge is -2.11. The van der Waals surface area contributed by atoms with Crippen molar-refractivity contribution in [1.82, 2.24) is 4.98 Å². The zero-order valence-electron chi connectivity index (χ0n) is 11.5. The molecule has 2 aromatic rings.